The van der Waals surface area contributed by atoms with Gasteiger partial charge in [-0.1, -0.05) is 28.9 Å². The van der Waals surface area contributed by atoms with Crippen molar-refractivity contribution >= 4 is 50.0 Å². The zero-order valence-electron chi connectivity index (χ0n) is 19.0. The third-order valence-electron chi connectivity index (χ3n) is 6.28. The van der Waals surface area contributed by atoms with Gasteiger partial charge in [-0.25, -0.2) is 4.98 Å². The Morgan fingerprint density at radius 3 is 2.69 bits per heavy atom. The van der Waals surface area contributed by atoms with E-state index in [0.29, 0.717) is 34.3 Å². The first-order valence-corrected chi connectivity index (χ1v) is 12.2. The van der Waals surface area contributed by atoms with E-state index in [4.69, 9.17) is 4.42 Å². The predicted molar refractivity (Wildman–Crippen MR) is 139 cm³/mol. The molecule has 3 aromatic carbocycles. The molecule has 1 aliphatic rings. The summed E-state index contributed by atoms with van der Waals surface area (Å²) in [5, 5.41) is 14.6. The molecule has 0 aliphatic carbocycles. The van der Waals surface area contributed by atoms with Crippen LogP contribution in [0, 0.1) is 16.0 Å². The molecule has 0 atom stereocenters. The molecule has 9 heteroatoms. The van der Waals surface area contributed by atoms with E-state index >= 15 is 0 Å². The lowest BCUT2D eigenvalue weighted by molar-refractivity contribution is -0.384. The maximum absolute atomic E-state index is 12.9. The number of nitro benzene ring substituents is 1. The van der Waals surface area contributed by atoms with Crippen molar-refractivity contribution in [3.8, 4) is 11.5 Å². The van der Waals surface area contributed by atoms with E-state index < -0.39 is 10.8 Å². The summed E-state index contributed by atoms with van der Waals surface area (Å²) in [5.41, 5.74) is 3.26. The van der Waals surface area contributed by atoms with Gasteiger partial charge >= 0.3 is 0 Å². The smallest absolute Gasteiger partial charge is 0.293 e. The molecule has 8 nitrogen and oxygen atoms in total. The van der Waals surface area contributed by atoms with Crippen molar-refractivity contribution < 1.29 is 14.1 Å². The summed E-state index contributed by atoms with van der Waals surface area (Å²) in [6.45, 7) is 3.73. The minimum atomic E-state index is -0.429. The molecule has 2 heterocycles. The van der Waals surface area contributed by atoms with Crippen molar-refractivity contribution in [1.82, 2.24) is 4.98 Å². The van der Waals surface area contributed by atoms with E-state index in [-0.39, 0.29) is 11.3 Å². The third-order valence-corrected chi connectivity index (χ3v) is 6.77. The monoisotopic (exact) mass is 534 g/mol. The van der Waals surface area contributed by atoms with Crippen LogP contribution in [-0.2, 0) is 0 Å². The summed E-state index contributed by atoms with van der Waals surface area (Å²) in [4.78, 5) is 30.8. The second-order valence-corrected chi connectivity index (χ2v) is 9.71. The fraction of sp³-hybridized carbons (Fsp3) is 0.231. The van der Waals surface area contributed by atoms with E-state index in [1.165, 1.54) is 6.07 Å². The number of carbonyl (C=O) groups is 1. The van der Waals surface area contributed by atoms with Gasteiger partial charge in [0.15, 0.2) is 5.58 Å². The largest absolute Gasteiger partial charge is 0.436 e. The molecule has 178 valence electrons. The van der Waals surface area contributed by atoms with Crippen molar-refractivity contribution in [1.29, 1.82) is 0 Å². The van der Waals surface area contributed by atoms with Gasteiger partial charge in [0.25, 0.3) is 11.6 Å². The van der Waals surface area contributed by atoms with Gasteiger partial charge in [-0.15, -0.1) is 0 Å². The Hall–Kier alpha value is -3.72. The van der Waals surface area contributed by atoms with Gasteiger partial charge in [0, 0.05) is 40.4 Å². The average Bonchev–Trinajstić information content (AvgIpc) is 3.28. The van der Waals surface area contributed by atoms with E-state index in [0.717, 1.165) is 36.0 Å². The SMILES string of the molecule is CC1CCN(c2ccc(C(=O)Nc3ccc4oc(-c5cccc(Br)c5)nc4c3)cc2[N+](=O)[O-])CC1. The Labute approximate surface area is 210 Å². The van der Waals surface area contributed by atoms with Gasteiger partial charge in [0.1, 0.15) is 11.2 Å². The molecule has 1 aliphatic heterocycles. The van der Waals surface area contributed by atoms with Gasteiger partial charge < -0.3 is 14.6 Å². The zero-order valence-corrected chi connectivity index (χ0v) is 20.6. The topological polar surface area (TPSA) is 102 Å². The second kappa shape index (κ2) is 9.50. The molecular formula is C26H23BrN4O4. The summed E-state index contributed by atoms with van der Waals surface area (Å²) in [5.74, 6) is 0.660. The Morgan fingerprint density at radius 2 is 1.94 bits per heavy atom. The minimum absolute atomic E-state index is 0.0576. The number of amides is 1. The maximum Gasteiger partial charge on any atom is 0.293 e. The van der Waals surface area contributed by atoms with Crippen molar-refractivity contribution in [2.24, 2.45) is 5.92 Å². The van der Waals surface area contributed by atoms with Crippen LogP contribution in [0.25, 0.3) is 22.6 Å². The van der Waals surface area contributed by atoms with Crippen LogP contribution in [0.1, 0.15) is 30.1 Å². The second-order valence-electron chi connectivity index (χ2n) is 8.80. The van der Waals surface area contributed by atoms with Crippen molar-refractivity contribution in [2.75, 3.05) is 23.3 Å². The van der Waals surface area contributed by atoms with Crippen LogP contribution in [0.2, 0.25) is 0 Å². The van der Waals surface area contributed by atoms with Crippen LogP contribution in [0.5, 0.6) is 0 Å². The summed E-state index contributed by atoms with van der Waals surface area (Å²) >= 11 is 3.45. The first kappa shape index (κ1) is 23.0. The van der Waals surface area contributed by atoms with E-state index in [2.05, 4.69) is 33.2 Å². The number of aromatic nitrogens is 1. The van der Waals surface area contributed by atoms with Gasteiger partial charge in [0.2, 0.25) is 5.89 Å². The average molecular weight is 535 g/mol. The van der Waals surface area contributed by atoms with Crippen molar-refractivity contribution in [3.63, 3.8) is 0 Å². The molecule has 1 fully saturated rings. The van der Waals surface area contributed by atoms with Gasteiger partial charge in [-0.3, -0.25) is 14.9 Å². The van der Waals surface area contributed by atoms with E-state index in [1.54, 1.807) is 30.3 Å². The van der Waals surface area contributed by atoms with Crippen LogP contribution in [0.4, 0.5) is 17.1 Å². The number of hydrogen-bond acceptors (Lipinski definition) is 6. The molecule has 4 aromatic rings. The maximum atomic E-state index is 12.9. The highest BCUT2D eigenvalue weighted by atomic mass is 79.9. The highest BCUT2D eigenvalue weighted by Crippen LogP contribution is 2.33. The molecule has 35 heavy (non-hydrogen) atoms. The van der Waals surface area contributed by atoms with Crippen LogP contribution in [0.3, 0.4) is 0 Å². The Balaban J connectivity index is 1.37. The lowest BCUT2D eigenvalue weighted by Gasteiger charge is -2.31. The standard InChI is InChI=1S/C26H23BrN4O4/c1-16-9-11-30(12-10-16)22-7-5-17(14-23(22)31(33)34)25(32)28-20-6-8-24-21(15-20)29-26(35-24)18-3-2-4-19(27)13-18/h2-8,13-16H,9-12H2,1H3,(H,28,32). The molecule has 1 saturated heterocycles. The van der Waals surface area contributed by atoms with Gasteiger partial charge in [0.05, 0.1) is 4.92 Å². The van der Waals surface area contributed by atoms with Crippen molar-refractivity contribution in [2.45, 2.75) is 19.8 Å². The molecule has 0 radical (unpaired) electrons. The number of halogens is 1. The fourth-order valence-electron chi connectivity index (χ4n) is 4.28. The normalized spacial score (nSPS) is 14.3. The van der Waals surface area contributed by atoms with Gasteiger partial charge in [-0.2, -0.15) is 0 Å². The lowest BCUT2D eigenvalue weighted by atomic mass is 9.98. The number of fused-ring (bicyclic) bond motifs is 1. The van der Waals surface area contributed by atoms with E-state index in [9.17, 15) is 14.9 Å². The Morgan fingerprint density at radius 1 is 1.14 bits per heavy atom. The number of oxazole rings is 1. The number of piperidine rings is 1. The first-order valence-electron chi connectivity index (χ1n) is 11.4. The number of nitrogens with one attached hydrogen (secondary N) is 1. The molecule has 0 bridgehead atoms. The number of benzene rings is 3. The van der Waals surface area contributed by atoms with Crippen LogP contribution >= 0.6 is 15.9 Å². The summed E-state index contributed by atoms with van der Waals surface area (Å²) in [7, 11) is 0. The van der Waals surface area contributed by atoms with E-state index in [1.807, 2.05) is 29.2 Å². The number of anilines is 2. The number of nitrogens with zero attached hydrogens (tertiary/aromatic N) is 3. The summed E-state index contributed by atoms with van der Waals surface area (Å²) in [6, 6.07) is 17.5. The third kappa shape index (κ3) is 4.90. The van der Waals surface area contributed by atoms with Gasteiger partial charge in [-0.05, 0) is 67.3 Å². The Kier molecular flexibility index (Phi) is 6.25. The van der Waals surface area contributed by atoms with Crippen LogP contribution < -0.4 is 10.2 Å². The predicted octanol–water partition coefficient (Wildman–Crippen LogP) is 6.65. The summed E-state index contributed by atoms with van der Waals surface area (Å²) < 4.78 is 6.77. The number of hydrogen-bond donors (Lipinski definition) is 1. The fourth-order valence-corrected chi connectivity index (χ4v) is 4.68. The molecule has 0 unspecified atom stereocenters. The number of carbonyl (C=O) groups excluding carboxylic acids is 1. The quantitative estimate of drug-likeness (QED) is 0.227. The summed E-state index contributed by atoms with van der Waals surface area (Å²) in [6.07, 6.45) is 1.99. The number of rotatable bonds is 5. The zero-order chi connectivity index (χ0) is 24.5. The molecule has 5 rings (SSSR count). The highest BCUT2D eigenvalue weighted by molar-refractivity contribution is 9.10. The first-order chi connectivity index (χ1) is 16.9. The molecule has 1 aromatic heterocycles. The van der Waals surface area contributed by atoms with Crippen LogP contribution in [-0.4, -0.2) is 28.9 Å². The molecule has 0 saturated carbocycles. The lowest BCUT2D eigenvalue weighted by Crippen LogP contribution is -2.33. The molecular weight excluding hydrogens is 512 g/mol. The molecule has 1 amide bonds. The van der Waals surface area contributed by atoms with Crippen molar-refractivity contribution in [3.05, 3.63) is 80.8 Å². The molecule has 0 spiro atoms. The molecule has 1 N–H and O–H groups in total. The Bertz CT molecular complexity index is 1430. The van der Waals surface area contributed by atoms with Crippen LogP contribution in [0.15, 0.2) is 69.6 Å². The minimum Gasteiger partial charge on any atom is -0.436 e. The number of nitro groups is 1. The highest BCUT2D eigenvalue weighted by Gasteiger charge is 2.25.